The van der Waals surface area contributed by atoms with Gasteiger partial charge < -0.3 is 0 Å². The number of nitrogens with one attached hydrogen (secondary N) is 1. The Labute approximate surface area is 161 Å². The molecule has 0 atom stereocenters. The van der Waals surface area contributed by atoms with Crippen molar-refractivity contribution in [2.45, 2.75) is 14.7 Å². The zero-order valence-electron chi connectivity index (χ0n) is 12.8. The van der Waals surface area contributed by atoms with Gasteiger partial charge in [-0.3, -0.25) is 4.72 Å². The molecule has 1 N–H and O–H groups in total. The van der Waals surface area contributed by atoms with Crippen molar-refractivity contribution in [2.24, 2.45) is 0 Å². The maximum Gasteiger partial charge on any atom is 0.261 e. The van der Waals surface area contributed by atoms with Crippen LogP contribution < -0.4 is 4.72 Å². The van der Waals surface area contributed by atoms with E-state index in [9.17, 15) is 8.42 Å². The first-order chi connectivity index (χ1) is 12.0. The summed E-state index contributed by atoms with van der Waals surface area (Å²) < 4.78 is 27.9. The molecule has 128 valence electrons. The second-order valence-corrected chi connectivity index (χ2v) is 8.70. The first kappa shape index (κ1) is 18.1. The van der Waals surface area contributed by atoms with E-state index in [0.29, 0.717) is 10.7 Å². The van der Waals surface area contributed by atoms with Gasteiger partial charge in [-0.1, -0.05) is 65.3 Å². The molecule has 7 heteroatoms. The molecule has 0 aliphatic rings. The van der Waals surface area contributed by atoms with E-state index in [2.05, 4.69) is 4.72 Å². The lowest BCUT2D eigenvalue weighted by Crippen LogP contribution is -2.13. The van der Waals surface area contributed by atoms with E-state index in [1.165, 1.54) is 30.0 Å². The highest BCUT2D eigenvalue weighted by Gasteiger charge is 2.17. The lowest BCUT2D eigenvalue weighted by atomic mass is 10.3. The molecule has 0 heterocycles. The van der Waals surface area contributed by atoms with Crippen molar-refractivity contribution in [2.75, 3.05) is 4.72 Å². The van der Waals surface area contributed by atoms with Crippen LogP contribution in [-0.4, -0.2) is 8.42 Å². The third kappa shape index (κ3) is 4.50. The van der Waals surface area contributed by atoms with Crippen molar-refractivity contribution in [3.8, 4) is 0 Å². The van der Waals surface area contributed by atoms with Crippen molar-refractivity contribution in [1.82, 2.24) is 0 Å². The van der Waals surface area contributed by atoms with Crippen LogP contribution in [0.3, 0.4) is 0 Å². The zero-order valence-corrected chi connectivity index (χ0v) is 16.0. The minimum Gasteiger partial charge on any atom is -0.278 e. The molecule has 0 bridgehead atoms. The van der Waals surface area contributed by atoms with E-state index in [1.54, 1.807) is 12.1 Å². The Balaban J connectivity index is 1.91. The summed E-state index contributed by atoms with van der Waals surface area (Å²) in [5.74, 6) is 0. The Bertz CT molecular complexity index is 993. The molecular formula is C18H13Cl2NO2S2. The lowest BCUT2D eigenvalue weighted by molar-refractivity contribution is 0.601. The zero-order chi connectivity index (χ0) is 17.9. The van der Waals surface area contributed by atoms with E-state index >= 15 is 0 Å². The Kier molecular flexibility index (Phi) is 5.59. The predicted octanol–water partition coefficient (Wildman–Crippen LogP) is 5.95. The SMILES string of the molecule is O=S(=O)(Nc1ccccc1Sc1ccccc1)c1ccc(Cl)c(Cl)c1. The molecule has 0 radical (unpaired) electrons. The standard InChI is InChI=1S/C18H13Cl2NO2S2/c19-15-11-10-14(12-16(15)20)25(22,23)21-17-8-4-5-9-18(17)24-13-6-2-1-3-7-13/h1-12,21H. The van der Waals surface area contributed by atoms with Gasteiger partial charge in [0.2, 0.25) is 0 Å². The largest absolute Gasteiger partial charge is 0.278 e. The van der Waals surface area contributed by atoms with Gasteiger partial charge >= 0.3 is 0 Å². The van der Waals surface area contributed by atoms with Crippen LogP contribution in [0.2, 0.25) is 10.0 Å². The van der Waals surface area contributed by atoms with Gasteiger partial charge in [-0.15, -0.1) is 0 Å². The predicted molar refractivity (Wildman–Crippen MR) is 104 cm³/mol. The quantitative estimate of drug-likeness (QED) is 0.566. The average molecular weight is 410 g/mol. The number of hydrogen-bond donors (Lipinski definition) is 1. The molecule has 0 aliphatic heterocycles. The summed E-state index contributed by atoms with van der Waals surface area (Å²) in [6, 6.07) is 21.2. The van der Waals surface area contributed by atoms with Crippen LogP contribution in [0.1, 0.15) is 0 Å². The van der Waals surface area contributed by atoms with Crippen molar-refractivity contribution in [3.63, 3.8) is 0 Å². The second-order valence-electron chi connectivity index (χ2n) is 5.09. The molecule has 0 aromatic heterocycles. The van der Waals surface area contributed by atoms with Crippen molar-refractivity contribution >= 4 is 50.7 Å². The molecule has 0 saturated heterocycles. The number of sulfonamides is 1. The van der Waals surface area contributed by atoms with Gasteiger partial charge in [-0.05, 0) is 42.5 Å². The summed E-state index contributed by atoms with van der Waals surface area (Å²) in [4.78, 5) is 1.88. The van der Waals surface area contributed by atoms with Gasteiger partial charge in [0.1, 0.15) is 0 Å². The molecule has 0 spiro atoms. The van der Waals surface area contributed by atoms with E-state index in [4.69, 9.17) is 23.2 Å². The smallest absolute Gasteiger partial charge is 0.261 e. The van der Waals surface area contributed by atoms with Crippen LogP contribution in [-0.2, 0) is 10.0 Å². The van der Waals surface area contributed by atoms with Gasteiger partial charge in [-0.25, -0.2) is 8.42 Å². The van der Waals surface area contributed by atoms with Gasteiger partial charge in [-0.2, -0.15) is 0 Å². The number of rotatable bonds is 5. The highest BCUT2D eigenvalue weighted by molar-refractivity contribution is 7.99. The maximum absolute atomic E-state index is 12.6. The van der Waals surface area contributed by atoms with Crippen molar-refractivity contribution in [1.29, 1.82) is 0 Å². The van der Waals surface area contributed by atoms with Crippen LogP contribution in [0.4, 0.5) is 5.69 Å². The molecule has 25 heavy (non-hydrogen) atoms. The van der Waals surface area contributed by atoms with Gasteiger partial charge in [0.05, 0.1) is 20.6 Å². The molecular weight excluding hydrogens is 397 g/mol. The third-order valence-electron chi connectivity index (χ3n) is 3.30. The van der Waals surface area contributed by atoms with E-state index in [-0.39, 0.29) is 9.92 Å². The summed E-state index contributed by atoms with van der Waals surface area (Å²) in [5, 5.41) is 0.497. The van der Waals surface area contributed by atoms with Crippen molar-refractivity contribution < 1.29 is 8.42 Å². The number of anilines is 1. The average Bonchev–Trinajstić information content (AvgIpc) is 2.60. The highest BCUT2D eigenvalue weighted by atomic mass is 35.5. The van der Waals surface area contributed by atoms with E-state index in [1.807, 2.05) is 42.5 Å². The Morgan fingerprint density at radius 3 is 2.20 bits per heavy atom. The normalized spacial score (nSPS) is 11.3. The van der Waals surface area contributed by atoms with Crippen LogP contribution in [0.25, 0.3) is 0 Å². The number of para-hydroxylation sites is 1. The van der Waals surface area contributed by atoms with Crippen LogP contribution in [0, 0.1) is 0 Å². The fraction of sp³-hybridized carbons (Fsp3) is 0. The lowest BCUT2D eigenvalue weighted by Gasteiger charge is -2.13. The van der Waals surface area contributed by atoms with Gasteiger partial charge in [0, 0.05) is 9.79 Å². The third-order valence-corrected chi connectivity index (χ3v) is 6.49. The van der Waals surface area contributed by atoms with Gasteiger partial charge in [0.15, 0.2) is 0 Å². The van der Waals surface area contributed by atoms with Crippen LogP contribution >= 0.6 is 35.0 Å². The fourth-order valence-corrected chi connectivity index (χ4v) is 4.56. The monoisotopic (exact) mass is 409 g/mol. The highest BCUT2D eigenvalue weighted by Crippen LogP contribution is 2.34. The molecule has 0 unspecified atom stereocenters. The second kappa shape index (κ2) is 7.70. The van der Waals surface area contributed by atoms with Crippen molar-refractivity contribution in [3.05, 3.63) is 82.8 Å². The van der Waals surface area contributed by atoms with E-state index < -0.39 is 10.0 Å². The minimum atomic E-state index is -3.77. The topological polar surface area (TPSA) is 46.2 Å². The van der Waals surface area contributed by atoms with Crippen LogP contribution in [0.5, 0.6) is 0 Å². The summed E-state index contributed by atoms with van der Waals surface area (Å²) in [6.07, 6.45) is 0. The molecule has 3 rings (SSSR count). The molecule has 0 saturated carbocycles. The summed E-state index contributed by atoms with van der Waals surface area (Å²) >= 11 is 13.3. The van der Waals surface area contributed by atoms with E-state index in [0.717, 1.165) is 9.79 Å². The first-order valence-electron chi connectivity index (χ1n) is 7.25. The molecule has 0 aliphatic carbocycles. The maximum atomic E-state index is 12.6. The van der Waals surface area contributed by atoms with Gasteiger partial charge in [0.25, 0.3) is 10.0 Å². The first-order valence-corrected chi connectivity index (χ1v) is 10.3. The number of hydrogen-bond acceptors (Lipinski definition) is 3. The van der Waals surface area contributed by atoms with Crippen LogP contribution in [0.15, 0.2) is 87.5 Å². The minimum absolute atomic E-state index is 0.0569. The molecule has 3 aromatic rings. The Morgan fingerprint density at radius 1 is 0.800 bits per heavy atom. The summed E-state index contributed by atoms with van der Waals surface area (Å²) in [7, 11) is -3.77. The molecule has 0 amide bonds. The Morgan fingerprint density at radius 2 is 1.48 bits per heavy atom. The molecule has 3 nitrogen and oxygen atoms in total. The summed E-state index contributed by atoms with van der Waals surface area (Å²) in [6.45, 7) is 0. The Hall–Kier alpha value is -1.66. The fourth-order valence-electron chi connectivity index (χ4n) is 2.10. The number of halogens is 2. The summed E-state index contributed by atoms with van der Waals surface area (Å²) in [5.41, 5.74) is 0.502. The molecule has 3 aromatic carbocycles. The molecule has 0 fully saturated rings. The number of benzene rings is 3.